The molecule has 0 aliphatic heterocycles. The molecule has 0 amide bonds. The molecule has 49 heteroatoms. The van der Waals surface area contributed by atoms with Crippen molar-refractivity contribution in [2.75, 3.05) is 43.4 Å². The molecule has 0 spiro atoms. The molecule has 0 bridgehead atoms. The number of pyridine rings is 3. The zero-order valence-corrected chi connectivity index (χ0v) is 93.4. The van der Waals surface area contributed by atoms with E-state index in [-0.39, 0.29) is 125 Å². The summed E-state index contributed by atoms with van der Waals surface area (Å²) in [7, 11) is -18.4. The lowest BCUT2D eigenvalue weighted by molar-refractivity contribution is 0.282. The number of aryl methyl sites for hydroxylation is 5. The molecular formula is C96H91BrCl5F5I3N17O13S5. The molecule has 5 aliphatic rings. The number of sulfonamides is 5. The first-order chi connectivity index (χ1) is 68.6. The van der Waals surface area contributed by atoms with Crippen molar-refractivity contribution in [3.63, 3.8) is 0 Å². The van der Waals surface area contributed by atoms with Crippen molar-refractivity contribution in [2.45, 2.75) is 175 Å². The van der Waals surface area contributed by atoms with E-state index in [0.29, 0.717) is 173 Å². The summed E-state index contributed by atoms with van der Waals surface area (Å²) < 4.78 is 221. The van der Waals surface area contributed by atoms with Gasteiger partial charge in [-0.3, -0.25) is 32.4 Å². The van der Waals surface area contributed by atoms with E-state index in [1.165, 1.54) is 36.8 Å². The summed E-state index contributed by atoms with van der Waals surface area (Å²) in [5, 5.41) is 53.7. The maximum Gasteiger partial charge on any atom is 0.238 e. The van der Waals surface area contributed by atoms with Gasteiger partial charge in [0.15, 0.2) is 22.9 Å². The Balaban J connectivity index is 0.000000130. The number of aliphatic hydroxyl groups excluding tert-OH is 3. The number of halogens is 14. The molecule has 0 atom stereocenters. The van der Waals surface area contributed by atoms with Gasteiger partial charge in [0.1, 0.15) is 52.1 Å². The zero-order chi connectivity index (χ0) is 104. The molecule has 30 nitrogen and oxygen atoms in total. The summed E-state index contributed by atoms with van der Waals surface area (Å²) in [4.78, 5) is 12.5. The first kappa shape index (κ1) is 109. The first-order valence-corrected chi connectivity index (χ1v) is 58.6. The third-order valence-electron chi connectivity index (χ3n) is 26.1. The number of fused-ring (bicyclic) bond motifs is 5. The number of aromatic nitrogens is 12. The molecule has 20 rings (SSSR count). The lowest BCUT2D eigenvalue weighted by Crippen LogP contribution is -2.31. The fourth-order valence-corrected chi connectivity index (χ4v) is 27.8. The van der Waals surface area contributed by atoms with Crippen LogP contribution in [-0.4, -0.2) is 161 Å². The Labute approximate surface area is 906 Å². The van der Waals surface area contributed by atoms with Gasteiger partial charge < -0.3 is 19.7 Å². The predicted octanol–water partition coefficient (Wildman–Crippen LogP) is 20.9. The van der Waals surface area contributed by atoms with E-state index in [2.05, 4.69) is 85.1 Å². The van der Waals surface area contributed by atoms with Crippen LogP contribution in [-0.2, 0) is 82.2 Å². The van der Waals surface area contributed by atoms with Gasteiger partial charge in [-0.05, 0) is 303 Å². The van der Waals surface area contributed by atoms with Crippen molar-refractivity contribution in [1.29, 1.82) is 0 Å². The fraction of sp³-hybridized carbons (Fsp3) is 0.323. The molecule has 8 N–H and O–H groups in total. The number of hydrogen-bond acceptors (Lipinski definition) is 22. The largest absolute Gasteiger partial charge is 0.396 e. The Bertz CT molecular complexity index is 8290. The molecular weight excluding hydrogens is 2490 g/mol. The molecule has 8 heterocycles. The number of anilines is 5. The number of imidazole rings is 1. The van der Waals surface area contributed by atoms with Gasteiger partial charge in [0.25, 0.3) is 0 Å². The molecule has 5 fully saturated rings. The van der Waals surface area contributed by atoms with Crippen LogP contribution in [0.5, 0.6) is 0 Å². The molecule has 0 saturated heterocycles. The standard InChI is InChI=1S/C21H20F2IN3O3S.C20H21BrClN3O3S.C19H16Cl2FN3O2S.C19H19ClFIN4O3S.C17H15ClFIN4O2S/c1-12-15-10-18(27-31(29,30)21(4-5-21)6-7-28)16(19(23)20(15)26-11-25-12)8-13-2-3-14(24)9-17(13)22;1-13-16(10-14-2-3-15(21)11-17(14)22)18(12-25-8-7-23-19(13)25)24-29(27,28)20(4-5-20)6-9-26;1-10-9-23-24-19-14(10)8-17(25-28(26,27)13-4-5-13)15(18(19)22)6-11-2-3-12(20)7-16(11)21;1-11-23-24-18-17(20)14(8-12-2-3-13(22)9-15(12)21)16(10-26(11)18)25-30(28,29)19(4-5-19)6-7-27;1-9-21-22-17-16(18)13(6-10-2-3-11(20)7-14(10)19)15(8-24(9)17)23-27(25,26)12-4-5-12/h2-3,9-11,27-28H,4-8H2,1H3;2-3,7-8,11-12,24,26H,4-6,9-10H2,1H3;2-3,7-9,13,25H,4-6H2,1H3;2-3,9-10,25,27H,4-8H2,1H3;2-3,7-8,12,23H,4-6H2,1H3. The molecule has 7 aromatic carbocycles. The van der Waals surface area contributed by atoms with Crippen molar-refractivity contribution in [1.82, 2.24) is 58.7 Å². The zero-order valence-electron chi connectivity index (χ0n) is 77.5. The quantitative estimate of drug-likeness (QED) is 0.0148. The third kappa shape index (κ3) is 24.0. The molecule has 145 heavy (non-hydrogen) atoms. The van der Waals surface area contributed by atoms with Gasteiger partial charge in [-0.1, -0.05) is 104 Å². The molecule has 5 aliphatic carbocycles. The second-order valence-electron chi connectivity index (χ2n) is 36.1. The molecule has 766 valence electrons. The Morgan fingerprint density at radius 2 is 0.834 bits per heavy atom. The minimum absolute atomic E-state index is 0.00841. The van der Waals surface area contributed by atoms with E-state index < -0.39 is 98.1 Å². The van der Waals surface area contributed by atoms with Gasteiger partial charge in [-0.25, -0.2) is 79.0 Å². The second-order valence-corrected chi connectivity index (χ2v) is 52.9. The molecule has 15 aromatic rings. The number of aliphatic hydroxyl groups is 3. The summed E-state index contributed by atoms with van der Waals surface area (Å²) in [6.45, 7) is 8.21. The summed E-state index contributed by atoms with van der Waals surface area (Å²) >= 11 is 41.2. The Morgan fingerprint density at radius 3 is 1.28 bits per heavy atom. The third-order valence-corrected chi connectivity index (χ3v) is 40.8. The number of nitrogens with zero attached hydrogens (tertiary/aromatic N) is 12. The number of benzene rings is 7. The van der Waals surface area contributed by atoms with Gasteiger partial charge >= 0.3 is 0 Å². The van der Waals surface area contributed by atoms with Crippen LogP contribution in [0.1, 0.15) is 168 Å². The lowest BCUT2D eigenvalue weighted by atomic mass is 9.99. The van der Waals surface area contributed by atoms with E-state index in [1.54, 1.807) is 128 Å². The summed E-state index contributed by atoms with van der Waals surface area (Å²) in [5.74, 6) is -1.49. The van der Waals surface area contributed by atoms with Gasteiger partial charge in [0.05, 0.1) is 69.4 Å². The van der Waals surface area contributed by atoms with E-state index in [4.69, 9.17) is 58.0 Å². The van der Waals surface area contributed by atoms with Gasteiger partial charge in [0, 0.05) is 152 Å². The van der Waals surface area contributed by atoms with Crippen molar-refractivity contribution < 1.29 is 79.4 Å². The predicted molar refractivity (Wildman–Crippen MR) is 581 cm³/mol. The normalized spacial score (nSPS) is 15.1. The van der Waals surface area contributed by atoms with E-state index in [1.807, 2.05) is 97.3 Å². The maximum atomic E-state index is 15.6. The van der Waals surface area contributed by atoms with Crippen LogP contribution < -0.4 is 23.6 Å². The first-order valence-electron chi connectivity index (χ1n) is 45.1. The Kier molecular flexibility index (Phi) is 33.0. The summed E-state index contributed by atoms with van der Waals surface area (Å²) in [6, 6.07) is 28.0. The van der Waals surface area contributed by atoms with Gasteiger partial charge in [0.2, 0.25) is 50.1 Å². The van der Waals surface area contributed by atoms with Crippen LogP contribution in [0.25, 0.3) is 38.7 Å². The number of hydrogen-bond donors (Lipinski definition) is 8. The molecule has 8 aromatic heterocycles. The van der Waals surface area contributed by atoms with Crippen molar-refractivity contribution in [2.24, 2.45) is 0 Å². The Morgan fingerprint density at radius 1 is 0.434 bits per heavy atom. The van der Waals surface area contributed by atoms with Crippen molar-refractivity contribution in [3.8, 4) is 0 Å². The van der Waals surface area contributed by atoms with Crippen LogP contribution in [0, 0.1) is 74.4 Å². The minimum atomic E-state index is -3.91. The average molecular weight is 2580 g/mol. The summed E-state index contributed by atoms with van der Waals surface area (Å²) in [5.41, 5.74) is 9.53. The SMILES string of the molecule is Cc1c(Cc2ccc(Br)cc2Cl)c(NS(=O)(=O)C2(CCO)CC2)cn2ccnc12.Cc1cnnc2c(F)c(Cc3ccc(Cl)cc3Cl)c(NS(=O)(=O)C3CC3)cc12.Cc1ncnc2c(F)c(Cc3ccc(I)cc3F)c(NS(=O)(=O)C3(CCO)CC3)cc12.Cc1nnc2c(Cl)c(Cc3ccc(I)cc3F)c(NS(=O)(=O)C3(CCO)CC3)cn12.Cc1nnc2c(Cl)c(Cc3ccc(I)cc3F)c(NS(=O)(=O)C3CC3)cn12. The van der Waals surface area contributed by atoms with Crippen LogP contribution in [0.4, 0.5) is 50.4 Å². The Hall–Kier alpha value is -8.45. The van der Waals surface area contributed by atoms with Crippen LogP contribution in [0.2, 0.25) is 25.1 Å². The van der Waals surface area contributed by atoms with Crippen LogP contribution in [0.15, 0.2) is 151 Å². The van der Waals surface area contributed by atoms with E-state index in [9.17, 15) is 70.6 Å². The monoisotopic (exact) mass is 2580 g/mol. The fourth-order valence-electron chi connectivity index (χ4n) is 16.8. The number of nitrogens with one attached hydrogen (secondary N) is 5. The van der Waals surface area contributed by atoms with Crippen molar-refractivity contribution >= 4 is 259 Å². The van der Waals surface area contributed by atoms with Crippen LogP contribution in [0.3, 0.4) is 0 Å². The van der Waals surface area contributed by atoms with Crippen molar-refractivity contribution in [3.05, 3.63) is 300 Å². The minimum Gasteiger partial charge on any atom is -0.396 e. The lowest BCUT2D eigenvalue weighted by Gasteiger charge is -2.21. The summed E-state index contributed by atoms with van der Waals surface area (Å²) in [6.07, 6.45) is 17.6. The molecule has 5 saturated carbocycles. The van der Waals surface area contributed by atoms with Gasteiger partial charge in [-0.2, -0.15) is 5.10 Å². The smallest absolute Gasteiger partial charge is 0.238 e. The number of rotatable bonds is 31. The highest BCUT2D eigenvalue weighted by molar-refractivity contribution is 14.1. The average Bonchev–Trinajstić information content (AvgIpc) is 1.61. The second kappa shape index (κ2) is 43.9. The van der Waals surface area contributed by atoms with E-state index >= 15 is 8.78 Å². The highest BCUT2D eigenvalue weighted by Crippen LogP contribution is 2.51. The van der Waals surface area contributed by atoms with Gasteiger partial charge in [-0.15, -0.1) is 25.5 Å². The highest BCUT2D eigenvalue weighted by atomic mass is 127. The van der Waals surface area contributed by atoms with Crippen LogP contribution >= 0.6 is 142 Å². The topological polar surface area (TPSA) is 421 Å². The highest BCUT2D eigenvalue weighted by Gasteiger charge is 2.57. The molecule has 0 radical (unpaired) electrons. The maximum absolute atomic E-state index is 15.6. The van der Waals surface area contributed by atoms with E-state index in [0.717, 1.165) is 34.0 Å². The molecule has 0 unspecified atom stereocenters.